The normalized spacial score (nSPS) is 11.2. The Bertz CT molecular complexity index is 697. The molecule has 2 N–H and O–H groups in total. The number of thiophene rings is 1. The second-order valence-electron chi connectivity index (χ2n) is 3.94. The number of hydrogen-bond donors (Lipinski definition) is 1. The molecular formula is C11H11N5S. The Balaban J connectivity index is 2.28. The summed E-state index contributed by atoms with van der Waals surface area (Å²) in [4.78, 5) is 5.19. The molecule has 0 bridgehead atoms. The van der Waals surface area contributed by atoms with Crippen LogP contribution in [0.3, 0.4) is 0 Å². The first-order valence-corrected chi connectivity index (χ1v) is 6.06. The highest BCUT2D eigenvalue weighted by atomic mass is 32.1. The number of nitrogen functional groups attached to an aromatic ring is 1. The van der Waals surface area contributed by atoms with Gasteiger partial charge in [0.1, 0.15) is 6.33 Å². The lowest BCUT2D eigenvalue weighted by atomic mass is 10.3. The maximum atomic E-state index is 6.02. The number of nitrogens with two attached hydrogens (primary N) is 1. The zero-order chi connectivity index (χ0) is 12.0. The van der Waals surface area contributed by atoms with Crippen molar-refractivity contribution in [1.82, 2.24) is 19.6 Å². The van der Waals surface area contributed by atoms with E-state index in [2.05, 4.69) is 15.2 Å². The smallest absolute Gasteiger partial charge is 0.181 e. The van der Waals surface area contributed by atoms with Gasteiger partial charge in [-0.3, -0.25) is 4.40 Å². The summed E-state index contributed by atoms with van der Waals surface area (Å²) in [6.07, 6.45) is 1.73. The highest BCUT2D eigenvalue weighted by Gasteiger charge is 2.14. The van der Waals surface area contributed by atoms with E-state index in [1.54, 1.807) is 17.7 Å². The molecule has 0 atom stereocenters. The van der Waals surface area contributed by atoms with Crippen LogP contribution in [0, 0.1) is 13.8 Å². The van der Waals surface area contributed by atoms with Crippen molar-refractivity contribution in [2.24, 2.45) is 0 Å². The molecule has 3 aromatic rings. The van der Waals surface area contributed by atoms with Gasteiger partial charge in [0.05, 0.1) is 10.6 Å². The van der Waals surface area contributed by atoms with Crippen molar-refractivity contribution in [3.8, 4) is 10.7 Å². The Labute approximate surface area is 102 Å². The predicted octanol–water partition coefficient (Wildman–Crippen LogP) is 2.05. The molecule has 0 aliphatic carbocycles. The fourth-order valence-corrected chi connectivity index (χ4v) is 2.62. The molecule has 0 spiro atoms. The molecule has 6 heteroatoms. The van der Waals surface area contributed by atoms with Gasteiger partial charge in [-0.1, -0.05) is 0 Å². The van der Waals surface area contributed by atoms with E-state index in [0.29, 0.717) is 0 Å². The highest BCUT2D eigenvalue weighted by Crippen LogP contribution is 2.33. The van der Waals surface area contributed by atoms with Gasteiger partial charge in [0.25, 0.3) is 0 Å². The second-order valence-corrected chi connectivity index (χ2v) is 4.82. The van der Waals surface area contributed by atoms with Crippen LogP contribution in [-0.4, -0.2) is 19.6 Å². The monoisotopic (exact) mass is 245 g/mol. The summed E-state index contributed by atoms with van der Waals surface area (Å²) in [5.41, 5.74) is 9.58. The molecule has 5 nitrogen and oxygen atoms in total. The van der Waals surface area contributed by atoms with Gasteiger partial charge in [-0.05, 0) is 24.8 Å². The minimum absolute atomic E-state index is 0.753. The number of fused-ring (bicyclic) bond motifs is 1. The van der Waals surface area contributed by atoms with Crippen molar-refractivity contribution in [3.63, 3.8) is 0 Å². The fraction of sp³-hybridized carbons (Fsp3) is 0.182. The lowest BCUT2D eigenvalue weighted by Gasteiger charge is -1.99. The molecule has 0 aliphatic rings. The average molecular weight is 245 g/mol. The molecule has 86 valence electrons. The van der Waals surface area contributed by atoms with E-state index in [-0.39, 0.29) is 0 Å². The Morgan fingerprint density at radius 1 is 1.29 bits per heavy atom. The molecule has 0 aliphatic heterocycles. The van der Waals surface area contributed by atoms with E-state index in [4.69, 9.17) is 5.73 Å². The van der Waals surface area contributed by atoms with Gasteiger partial charge in [0.2, 0.25) is 0 Å². The number of anilines is 1. The molecule has 3 rings (SSSR count). The van der Waals surface area contributed by atoms with E-state index >= 15 is 0 Å². The number of aryl methyl sites for hydroxylation is 2. The van der Waals surface area contributed by atoms with E-state index < -0.39 is 0 Å². The minimum Gasteiger partial charge on any atom is -0.397 e. The van der Waals surface area contributed by atoms with Gasteiger partial charge in [0.15, 0.2) is 11.5 Å². The number of rotatable bonds is 1. The zero-order valence-electron chi connectivity index (χ0n) is 9.51. The SMILES string of the molecule is Cc1cc2nnc(-c3scc(C)c3N)n2cn1. The molecule has 3 heterocycles. The van der Waals surface area contributed by atoms with Crippen LogP contribution in [0.25, 0.3) is 16.3 Å². The van der Waals surface area contributed by atoms with Crippen molar-refractivity contribution in [3.05, 3.63) is 29.0 Å². The fourth-order valence-electron chi connectivity index (χ4n) is 1.67. The first-order chi connectivity index (χ1) is 8.16. The molecular weight excluding hydrogens is 234 g/mol. The van der Waals surface area contributed by atoms with Crippen LogP contribution in [-0.2, 0) is 0 Å². The molecule has 3 aromatic heterocycles. The maximum absolute atomic E-state index is 6.02. The number of hydrogen-bond acceptors (Lipinski definition) is 5. The van der Waals surface area contributed by atoms with Crippen molar-refractivity contribution < 1.29 is 0 Å². The summed E-state index contributed by atoms with van der Waals surface area (Å²) in [5.74, 6) is 0.753. The van der Waals surface area contributed by atoms with Crippen molar-refractivity contribution in [2.75, 3.05) is 5.73 Å². The van der Waals surface area contributed by atoms with Gasteiger partial charge >= 0.3 is 0 Å². The number of nitrogens with zero attached hydrogens (tertiary/aromatic N) is 4. The van der Waals surface area contributed by atoms with Gasteiger partial charge in [0, 0.05) is 11.8 Å². The summed E-state index contributed by atoms with van der Waals surface area (Å²) in [5, 5.41) is 10.3. The molecule has 0 amide bonds. The van der Waals surface area contributed by atoms with Crippen LogP contribution in [0.15, 0.2) is 17.8 Å². The van der Waals surface area contributed by atoms with E-state index in [9.17, 15) is 0 Å². The first-order valence-electron chi connectivity index (χ1n) is 5.18. The minimum atomic E-state index is 0.753. The van der Waals surface area contributed by atoms with Crippen molar-refractivity contribution in [2.45, 2.75) is 13.8 Å². The Kier molecular flexibility index (Phi) is 2.12. The second kappa shape index (κ2) is 3.53. The van der Waals surface area contributed by atoms with Crippen LogP contribution in [0.5, 0.6) is 0 Å². The molecule has 0 saturated heterocycles. The molecule has 0 radical (unpaired) electrons. The third-order valence-corrected chi connectivity index (χ3v) is 3.77. The maximum Gasteiger partial charge on any atom is 0.181 e. The third kappa shape index (κ3) is 1.49. The predicted molar refractivity (Wildman–Crippen MR) is 68.0 cm³/mol. The zero-order valence-corrected chi connectivity index (χ0v) is 10.3. The largest absolute Gasteiger partial charge is 0.397 e. The van der Waals surface area contributed by atoms with Crippen LogP contribution in [0.1, 0.15) is 11.3 Å². The Morgan fingerprint density at radius 2 is 2.12 bits per heavy atom. The van der Waals surface area contributed by atoms with Crippen LogP contribution in [0.4, 0.5) is 5.69 Å². The van der Waals surface area contributed by atoms with Crippen molar-refractivity contribution in [1.29, 1.82) is 0 Å². The van der Waals surface area contributed by atoms with Crippen molar-refractivity contribution >= 4 is 22.7 Å². The summed E-state index contributed by atoms with van der Waals surface area (Å²) < 4.78 is 1.86. The lowest BCUT2D eigenvalue weighted by Crippen LogP contribution is -1.94. The summed E-state index contributed by atoms with van der Waals surface area (Å²) >= 11 is 1.58. The third-order valence-electron chi connectivity index (χ3n) is 2.66. The Hall–Kier alpha value is -1.95. The highest BCUT2D eigenvalue weighted by molar-refractivity contribution is 7.14. The molecule has 0 unspecified atom stereocenters. The summed E-state index contributed by atoms with van der Waals surface area (Å²) in [6, 6.07) is 1.90. The lowest BCUT2D eigenvalue weighted by molar-refractivity contribution is 1.05. The van der Waals surface area contributed by atoms with Gasteiger partial charge in [-0.15, -0.1) is 21.5 Å². The Morgan fingerprint density at radius 3 is 2.82 bits per heavy atom. The van der Waals surface area contributed by atoms with E-state index in [1.165, 1.54) is 0 Å². The van der Waals surface area contributed by atoms with Gasteiger partial charge in [-0.2, -0.15) is 0 Å². The summed E-state index contributed by atoms with van der Waals surface area (Å²) in [6.45, 7) is 3.92. The van der Waals surface area contributed by atoms with Crippen LogP contribution < -0.4 is 5.73 Å². The molecule has 0 fully saturated rings. The average Bonchev–Trinajstić information content (AvgIpc) is 2.84. The quantitative estimate of drug-likeness (QED) is 0.712. The number of aromatic nitrogens is 4. The van der Waals surface area contributed by atoms with Gasteiger partial charge < -0.3 is 5.73 Å². The van der Waals surface area contributed by atoms with Gasteiger partial charge in [-0.25, -0.2) is 4.98 Å². The van der Waals surface area contributed by atoms with Crippen LogP contribution in [0.2, 0.25) is 0 Å². The molecule has 0 saturated carbocycles. The summed E-state index contributed by atoms with van der Waals surface area (Å²) in [7, 11) is 0. The first kappa shape index (κ1) is 10.2. The van der Waals surface area contributed by atoms with Crippen LogP contribution >= 0.6 is 11.3 Å². The van der Waals surface area contributed by atoms with E-state index in [0.717, 1.165) is 33.3 Å². The standard InChI is InChI=1S/C11H11N5S/c1-6-4-17-10(9(6)12)11-15-14-8-3-7(2)13-5-16(8)11/h3-5H,12H2,1-2H3. The van der Waals surface area contributed by atoms with E-state index in [1.807, 2.05) is 29.7 Å². The topological polar surface area (TPSA) is 69.1 Å². The molecule has 0 aromatic carbocycles. The molecule has 17 heavy (non-hydrogen) atoms.